The Kier molecular flexibility index (Phi) is 4.72. The summed E-state index contributed by atoms with van der Waals surface area (Å²) in [7, 11) is 0. The molecule has 0 radical (unpaired) electrons. The highest BCUT2D eigenvalue weighted by atomic mass is 16.3. The van der Waals surface area contributed by atoms with Gasteiger partial charge in [0.2, 0.25) is 0 Å². The molecular formula is C14H24N4O3. The van der Waals surface area contributed by atoms with Gasteiger partial charge in [0.05, 0.1) is 12.6 Å². The Balaban J connectivity index is 2.52. The fourth-order valence-corrected chi connectivity index (χ4v) is 2.89. The standard InChI is InChI=1S/C14H24N4O3/c1-9(2)7-18-12(15)11(13(20)16-14(18)21)17-6-4-3-5-10(17)8-19/h9-10,19H,3-8,15H2,1-2H3,(H,16,20,21). The van der Waals surface area contributed by atoms with E-state index in [0.717, 1.165) is 19.3 Å². The van der Waals surface area contributed by atoms with Crippen molar-refractivity contribution < 1.29 is 5.11 Å². The minimum Gasteiger partial charge on any atom is -0.394 e. The summed E-state index contributed by atoms with van der Waals surface area (Å²) in [6, 6.07) is -0.118. The zero-order valence-corrected chi connectivity index (χ0v) is 12.6. The Morgan fingerprint density at radius 3 is 2.71 bits per heavy atom. The molecule has 21 heavy (non-hydrogen) atoms. The number of rotatable bonds is 4. The molecule has 2 rings (SSSR count). The number of anilines is 2. The average Bonchev–Trinajstić information content (AvgIpc) is 2.43. The lowest BCUT2D eigenvalue weighted by atomic mass is 10.0. The van der Waals surface area contributed by atoms with Crippen LogP contribution in [-0.4, -0.2) is 33.9 Å². The van der Waals surface area contributed by atoms with Gasteiger partial charge in [0.15, 0.2) is 0 Å². The van der Waals surface area contributed by atoms with Crippen LogP contribution in [0.3, 0.4) is 0 Å². The fourth-order valence-electron chi connectivity index (χ4n) is 2.89. The summed E-state index contributed by atoms with van der Waals surface area (Å²) in [6.45, 7) is 5.05. The van der Waals surface area contributed by atoms with Crippen LogP contribution in [0.25, 0.3) is 0 Å². The molecule has 1 aromatic rings. The van der Waals surface area contributed by atoms with Crippen molar-refractivity contribution in [3.8, 4) is 0 Å². The van der Waals surface area contributed by atoms with Crippen LogP contribution in [0.2, 0.25) is 0 Å². The summed E-state index contributed by atoms with van der Waals surface area (Å²) in [6.07, 6.45) is 2.78. The first-order valence-electron chi connectivity index (χ1n) is 7.45. The Morgan fingerprint density at radius 1 is 1.38 bits per heavy atom. The van der Waals surface area contributed by atoms with Crippen LogP contribution in [0.4, 0.5) is 11.5 Å². The van der Waals surface area contributed by atoms with E-state index in [2.05, 4.69) is 4.98 Å². The Hall–Kier alpha value is -1.76. The SMILES string of the molecule is CC(C)Cn1c(N)c(N2CCCCC2CO)c(=O)[nH]c1=O. The largest absolute Gasteiger partial charge is 0.394 e. The molecule has 0 bridgehead atoms. The summed E-state index contributed by atoms with van der Waals surface area (Å²) >= 11 is 0. The molecule has 1 atom stereocenters. The van der Waals surface area contributed by atoms with Gasteiger partial charge in [0.25, 0.3) is 5.56 Å². The third-order valence-corrected chi connectivity index (χ3v) is 3.89. The minimum absolute atomic E-state index is 0.0256. The molecule has 7 nitrogen and oxygen atoms in total. The minimum atomic E-state index is -0.479. The molecule has 1 fully saturated rings. The second kappa shape index (κ2) is 6.34. The van der Waals surface area contributed by atoms with Gasteiger partial charge in [-0.25, -0.2) is 4.79 Å². The molecule has 4 N–H and O–H groups in total. The van der Waals surface area contributed by atoms with Crippen LogP contribution in [0.5, 0.6) is 0 Å². The number of H-pyrrole nitrogens is 1. The van der Waals surface area contributed by atoms with Gasteiger partial charge in [-0.15, -0.1) is 0 Å². The van der Waals surface area contributed by atoms with E-state index >= 15 is 0 Å². The zero-order valence-electron chi connectivity index (χ0n) is 12.6. The topological polar surface area (TPSA) is 104 Å². The first-order valence-corrected chi connectivity index (χ1v) is 7.45. The van der Waals surface area contributed by atoms with E-state index in [4.69, 9.17) is 5.73 Å². The van der Waals surface area contributed by atoms with E-state index in [1.54, 1.807) is 0 Å². The van der Waals surface area contributed by atoms with E-state index in [-0.39, 0.29) is 24.4 Å². The highest BCUT2D eigenvalue weighted by molar-refractivity contribution is 5.63. The number of hydrogen-bond donors (Lipinski definition) is 3. The number of piperidine rings is 1. The van der Waals surface area contributed by atoms with Gasteiger partial charge in [-0.1, -0.05) is 13.8 Å². The molecule has 0 amide bonds. The van der Waals surface area contributed by atoms with Crippen molar-refractivity contribution in [2.75, 3.05) is 23.8 Å². The summed E-state index contributed by atoms with van der Waals surface area (Å²) < 4.78 is 1.41. The maximum Gasteiger partial charge on any atom is 0.330 e. The van der Waals surface area contributed by atoms with Crippen molar-refractivity contribution >= 4 is 11.5 Å². The van der Waals surface area contributed by atoms with Crippen molar-refractivity contribution in [1.82, 2.24) is 9.55 Å². The Morgan fingerprint density at radius 2 is 2.10 bits per heavy atom. The maximum atomic E-state index is 12.2. The predicted molar refractivity (Wildman–Crippen MR) is 82.6 cm³/mol. The Bertz CT molecular complexity index is 605. The molecule has 1 aliphatic heterocycles. The van der Waals surface area contributed by atoms with Gasteiger partial charge < -0.3 is 15.7 Å². The first-order chi connectivity index (χ1) is 9.95. The molecule has 1 unspecified atom stereocenters. The molecule has 0 aliphatic carbocycles. The van der Waals surface area contributed by atoms with Crippen molar-refractivity contribution in [2.45, 2.75) is 45.7 Å². The van der Waals surface area contributed by atoms with Gasteiger partial charge in [-0.05, 0) is 25.2 Å². The second-order valence-electron chi connectivity index (χ2n) is 6.02. The van der Waals surface area contributed by atoms with Crippen LogP contribution in [0, 0.1) is 5.92 Å². The van der Waals surface area contributed by atoms with Crippen LogP contribution in [0.1, 0.15) is 33.1 Å². The number of nitrogen functional groups attached to an aromatic ring is 1. The van der Waals surface area contributed by atoms with E-state index in [0.29, 0.717) is 18.8 Å². The van der Waals surface area contributed by atoms with Crippen LogP contribution < -0.4 is 21.9 Å². The summed E-state index contributed by atoms with van der Waals surface area (Å²) in [4.78, 5) is 28.3. The monoisotopic (exact) mass is 296 g/mol. The fraction of sp³-hybridized carbons (Fsp3) is 0.714. The van der Waals surface area contributed by atoms with Gasteiger partial charge >= 0.3 is 5.69 Å². The third kappa shape index (κ3) is 3.12. The van der Waals surface area contributed by atoms with Gasteiger partial charge in [0, 0.05) is 13.1 Å². The Labute approximate surface area is 123 Å². The lowest BCUT2D eigenvalue weighted by molar-refractivity contribution is 0.240. The summed E-state index contributed by atoms with van der Waals surface area (Å²) in [5.74, 6) is 0.427. The van der Waals surface area contributed by atoms with E-state index in [1.807, 2.05) is 18.7 Å². The summed E-state index contributed by atoms with van der Waals surface area (Å²) in [5.41, 5.74) is 5.46. The molecule has 1 aromatic heterocycles. The molecule has 1 aliphatic rings. The van der Waals surface area contributed by atoms with E-state index in [1.165, 1.54) is 4.57 Å². The average molecular weight is 296 g/mol. The quantitative estimate of drug-likeness (QED) is 0.732. The predicted octanol–water partition coefficient (Wildman–Crippen LogP) is 0.126. The molecule has 7 heteroatoms. The van der Waals surface area contributed by atoms with Crippen LogP contribution in [-0.2, 0) is 6.54 Å². The smallest absolute Gasteiger partial charge is 0.330 e. The zero-order chi connectivity index (χ0) is 15.6. The van der Waals surface area contributed by atoms with E-state index in [9.17, 15) is 14.7 Å². The lowest BCUT2D eigenvalue weighted by Gasteiger charge is -2.36. The number of aliphatic hydroxyl groups is 1. The maximum absolute atomic E-state index is 12.2. The van der Waals surface area contributed by atoms with Crippen molar-refractivity contribution in [2.24, 2.45) is 5.92 Å². The normalized spacial score (nSPS) is 19.2. The van der Waals surface area contributed by atoms with Crippen molar-refractivity contribution in [3.63, 3.8) is 0 Å². The molecule has 0 aromatic carbocycles. The van der Waals surface area contributed by atoms with Crippen molar-refractivity contribution in [3.05, 3.63) is 20.8 Å². The molecule has 2 heterocycles. The molecule has 0 saturated carbocycles. The highest BCUT2D eigenvalue weighted by Gasteiger charge is 2.27. The number of nitrogens with zero attached hydrogens (tertiary/aromatic N) is 2. The summed E-state index contributed by atoms with van der Waals surface area (Å²) in [5, 5.41) is 9.51. The number of aliphatic hydroxyl groups excluding tert-OH is 1. The van der Waals surface area contributed by atoms with Crippen molar-refractivity contribution in [1.29, 1.82) is 0 Å². The highest BCUT2D eigenvalue weighted by Crippen LogP contribution is 2.25. The van der Waals surface area contributed by atoms with Crippen LogP contribution in [0.15, 0.2) is 9.59 Å². The second-order valence-corrected chi connectivity index (χ2v) is 6.02. The van der Waals surface area contributed by atoms with Crippen LogP contribution >= 0.6 is 0 Å². The molecular weight excluding hydrogens is 272 g/mol. The van der Waals surface area contributed by atoms with Gasteiger partial charge in [-0.3, -0.25) is 14.3 Å². The van der Waals surface area contributed by atoms with Gasteiger partial charge in [-0.2, -0.15) is 0 Å². The van der Waals surface area contributed by atoms with Gasteiger partial charge in [0.1, 0.15) is 11.5 Å². The number of hydrogen-bond acceptors (Lipinski definition) is 5. The number of nitrogens with two attached hydrogens (primary N) is 1. The number of aromatic amines is 1. The number of aromatic nitrogens is 2. The first kappa shape index (κ1) is 15.6. The third-order valence-electron chi connectivity index (χ3n) is 3.89. The number of nitrogens with one attached hydrogen (secondary N) is 1. The molecule has 118 valence electrons. The lowest BCUT2D eigenvalue weighted by Crippen LogP contribution is -2.47. The molecule has 0 spiro atoms. The molecule has 1 saturated heterocycles. The van der Waals surface area contributed by atoms with E-state index < -0.39 is 11.2 Å².